The smallest absolute Gasteiger partial charge is 0.339 e. The lowest BCUT2D eigenvalue weighted by Gasteiger charge is -2.34. The normalized spacial score (nSPS) is 15.6. The van der Waals surface area contributed by atoms with Gasteiger partial charge in [0.15, 0.2) is 5.16 Å². The SMILES string of the molecule is CCCCn1c(SCC(=O)N2CCN(S(=O)(=O)c3ccccc3)CC2)n[nH]c1=O. The van der Waals surface area contributed by atoms with Crippen molar-refractivity contribution in [3.8, 4) is 0 Å². The number of amides is 1. The van der Waals surface area contributed by atoms with E-state index in [2.05, 4.69) is 10.2 Å². The molecule has 3 rings (SSSR count). The highest BCUT2D eigenvalue weighted by molar-refractivity contribution is 7.99. The van der Waals surface area contributed by atoms with E-state index in [1.54, 1.807) is 39.8 Å². The van der Waals surface area contributed by atoms with Gasteiger partial charge >= 0.3 is 5.69 Å². The molecule has 158 valence electrons. The molecule has 1 N–H and O–H groups in total. The van der Waals surface area contributed by atoms with Gasteiger partial charge in [-0.25, -0.2) is 18.3 Å². The number of sulfonamides is 1. The molecule has 1 fully saturated rings. The number of benzene rings is 1. The molecular weight excluding hydrogens is 414 g/mol. The number of carbonyl (C=O) groups excluding carboxylic acids is 1. The quantitative estimate of drug-likeness (QED) is 0.615. The molecule has 1 aromatic carbocycles. The van der Waals surface area contributed by atoms with E-state index in [4.69, 9.17) is 0 Å². The zero-order valence-electron chi connectivity index (χ0n) is 16.3. The van der Waals surface area contributed by atoms with Crippen LogP contribution in [0.1, 0.15) is 19.8 Å². The second-order valence-electron chi connectivity index (χ2n) is 6.70. The molecule has 0 atom stereocenters. The topological polar surface area (TPSA) is 108 Å². The van der Waals surface area contributed by atoms with Gasteiger partial charge in [-0.2, -0.15) is 4.31 Å². The van der Waals surface area contributed by atoms with Crippen molar-refractivity contribution >= 4 is 27.7 Å². The molecule has 1 aliphatic heterocycles. The van der Waals surface area contributed by atoms with Gasteiger partial charge in [-0.15, -0.1) is 5.10 Å². The molecule has 1 aromatic heterocycles. The summed E-state index contributed by atoms with van der Waals surface area (Å²) in [7, 11) is -3.54. The van der Waals surface area contributed by atoms with E-state index in [-0.39, 0.29) is 35.3 Å². The Kier molecular flexibility index (Phi) is 7.14. The van der Waals surface area contributed by atoms with E-state index in [1.807, 2.05) is 6.92 Å². The fourth-order valence-electron chi connectivity index (χ4n) is 3.06. The number of carbonyl (C=O) groups is 1. The van der Waals surface area contributed by atoms with Gasteiger partial charge in [-0.05, 0) is 18.6 Å². The third kappa shape index (κ3) is 5.09. The van der Waals surface area contributed by atoms with Crippen molar-refractivity contribution in [3.05, 3.63) is 40.8 Å². The molecule has 9 nitrogen and oxygen atoms in total. The summed E-state index contributed by atoms with van der Waals surface area (Å²) in [5, 5.41) is 6.92. The van der Waals surface area contributed by atoms with E-state index in [0.29, 0.717) is 24.8 Å². The number of nitrogens with one attached hydrogen (secondary N) is 1. The van der Waals surface area contributed by atoms with Crippen LogP contribution in [-0.2, 0) is 21.4 Å². The van der Waals surface area contributed by atoms with Crippen LogP contribution < -0.4 is 5.69 Å². The molecule has 11 heteroatoms. The number of piperazine rings is 1. The van der Waals surface area contributed by atoms with Gasteiger partial charge in [0.1, 0.15) is 0 Å². The summed E-state index contributed by atoms with van der Waals surface area (Å²) < 4.78 is 28.3. The van der Waals surface area contributed by atoms with Gasteiger partial charge in [-0.3, -0.25) is 9.36 Å². The van der Waals surface area contributed by atoms with Crippen LogP contribution in [0.3, 0.4) is 0 Å². The summed E-state index contributed by atoms with van der Waals surface area (Å²) in [5.74, 6) is 0.0613. The van der Waals surface area contributed by atoms with E-state index in [0.717, 1.165) is 12.8 Å². The zero-order valence-corrected chi connectivity index (χ0v) is 17.9. The number of hydrogen-bond donors (Lipinski definition) is 1. The number of rotatable bonds is 8. The van der Waals surface area contributed by atoms with Crippen LogP contribution in [-0.4, -0.2) is 70.2 Å². The van der Waals surface area contributed by atoms with Gasteiger partial charge in [0.05, 0.1) is 10.6 Å². The minimum absolute atomic E-state index is 0.0933. The minimum Gasteiger partial charge on any atom is -0.339 e. The van der Waals surface area contributed by atoms with Crippen molar-refractivity contribution in [2.24, 2.45) is 0 Å². The molecule has 1 amide bonds. The second kappa shape index (κ2) is 9.59. The molecule has 1 aliphatic rings. The summed E-state index contributed by atoms with van der Waals surface area (Å²) in [6.45, 7) is 3.81. The van der Waals surface area contributed by atoms with Crippen LogP contribution in [0.5, 0.6) is 0 Å². The van der Waals surface area contributed by atoms with Crippen LogP contribution in [0.15, 0.2) is 45.2 Å². The Morgan fingerprint density at radius 2 is 1.86 bits per heavy atom. The Hall–Kier alpha value is -2.11. The fraction of sp³-hybridized carbons (Fsp3) is 0.500. The number of H-pyrrole nitrogens is 1. The van der Waals surface area contributed by atoms with Gasteiger partial charge in [0, 0.05) is 32.7 Å². The molecule has 0 saturated carbocycles. The van der Waals surface area contributed by atoms with Gasteiger partial charge in [-0.1, -0.05) is 43.3 Å². The Labute approximate surface area is 174 Å². The van der Waals surface area contributed by atoms with Gasteiger partial charge in [0.2, 0.25) is 15.9 Å². The first-order chi connectivity index (χ1) is 13.9. The second-order valence-corrected chi connectivity index (χ2v) is 9.58. The molecule has 0 bridgehead atoms. The maximum Gasteiger partial charge on any atom is 0.343 e. The maximum atomic E-state index is 12.7. The molecule has 29 heavy (non-hydrogen) atoms. The minimum atomic E-state index is -3.54. The first-order valence-electron chi connectivity index (χ1n) is 9.54. The summed E-state index contributed by atoms with van der Waals surface area (Å²) in [6, 6.07) is 8.31. The maximum absolute atomic E-state index is 12.7. The summed E-state index contributed by atoms with van der Waals surface area (Å²) in [5.41, 5.74) is -0.270. The number of hydrogen-bond acceptors (Lipinski definition) is 6. The average molecular weight is 440 g/mol. The molecule has 0 spiro atoms. The molecule has 2 heterocycles. The van der Waals surface area contributed by atoms with Gasteiger partial charge in [0.25, 0.3) is 0 Å². The van der Waals surface area contributed by atoms with Crippen LogP contribution >= 0.6 is 11.8 Å². The van der Waals surface area contributed by atoms with E-state index in [1.165, 1.54) is 16.1 Å². The van der Waals surface area contributed by atoms with Crippen LogP contribution in [0.2, 0.25) is 0 Å². The molecular formula is C18H25N5O4S2. The molecule has 1 saturated heterocycles. The third-order valence-electron chi connectivity index (χ3n) is 4.76. The molecule has 0 unspecified atom stereocenters. The highest BCUT2D eigenvalue weighted by Crippen LogP contribution is 2.19. The number of unbranched alkanes of at least 4 members (excludes halogenated alkanes) is 1. The van der Waals surface area contributed by atoms with E-state index in [9.17, 15) is 18.0 Å². The number of nitrogens with zero attached hydrogens (tertiary/aromatic N) is 4. The number of aromatic nitrogens is 3. The van der Waals surface area contributed by atoms with Crippen molar-refractivity contribution in [3.63, 3.8) is 0 Å². The first kappa shape index (κ1) is 21.6. The molecule has 0 aliphatic carbocycles. The van der Waals surface area contributed by atoms with Crippen molar-refractivity contribution in [2.75, 3.05) is 31.9 Å². The zero-order chi connectivity index (χ0) is 20.9. The third-order valence-corrected chi connectivity index (χ3v) is 7.63. The predicted octanol–water partition coefficient (Wildman–Crippen LogP) is 0.997. The lowest BCUT2D eigenvalue weighted by Crippen LogP contribution is -2.50. The molecule has 2 aromatic rings. The lowest BCUT2D eigenvalue weighted by atomic mass is 10.3. The summed E-state index contributed by atoms with van der Waals surface area (Å²) in [6.07, 6.45) is 1.82. The van der Waals surface area contributed by atoms with E-state index < -0.39 is 10.0 Å². The Bertz CT molecular complexity index is 979. The molecule has 0 radical (unpaired) electrons. The van der Waals surface area contributed by atoms with Crippen molar-refractivity contribution in [1.82, 2.24) is 24.0 Å². The predicted molar refractivity (Wildman–Crippen MR) is 110 cm³/mol. The van der Waals surface area contributed by atoms with Crippen molar-refractivity contribution < 1.29 is 13.2 Å². The summed E-state index contributed by atoms with van der Waals surface area (Å²) in [4.78, 5) is 26.3. The van der Waals surface area contributed by atoms with Crippen LogP contribution in [0.4, 0.5) is 0 Å². The van der Waals surface area contributed by atoms with E-state index >= 15 is 0 Å². The van der Waals surface area contributed by atoms with Gasteiger partial charge < -0.3 is 4.90 Å². The van der Waals surface area contributed by atoms with Crippen molar-refractivity contribution in [1.29, 1.82) is 0 Å². The monoisotopic (exact) mass is 439 g/mol. The van der Waals surface area contributed by atoms with Crippen LogP contribution in [0, 0.1) is 0 Å². The standard InChI is InChI=1S/C18H25N5O4S2/c1-2-3-9-23-17(25)19-20-18(23)28-14-16(24)21-10-12-22(13-11-21)29(26,27)15-7-5-4-6-8-15/h4-8H,2-3,9-14H2,1H3,(H,19,25). The number of thioether (sulfide) groups is 1. The fourth-order valence-corrected chi connectivity index (χ4v) is 5.38. The highest BCUT2D eigenvalue weighted by Gasteiger charge is 2.30. The van der Waals surface area contributed by atoms with Crippen molar-refractivity contribution in [2.45, 2.75) is 36.4 Å². The Morgan fingerprint density at radius 3 is 2.52 bits per heavy atom. The Balaban J connectivity index is 1.54. The number of aromatic amines is 1. The first-order valence-corrected chi connectivity index (χ1v) is 12.0. The Morgan fingerprint density at radius 1 is 1.17 bits per heavy atom. The highest BCUT2D eigenvalue weighted by atomic mass is 32.2. The lowest BCUT2D eigenvalue weighted by molar-refractivity contribution is -0.129. The largest absolute Gasteiger partial charge is 0.343 e. The van der Waals surface area contributed by atoms with Crippen LogP contribution in [0.25, 0.3) is 0 Å². The average Bonchev–Trinajstić information content (AvgIpc) is 3.10. The summed E-state index contributed by atoms with van der Waals surface area (Å²) >= 11 is 1.22.